The van der Waals surface area contributed by atoms with E-state index in [-0.39, 0.29) is 0 Å². The van der Waals surface area contributed by atoms with Crippen LogP contribution >= 0.6 is 0 Å². The van der Waals surface area contributed by atoms with Gasteiger partial charge in [0.1, 0.15) is 18.5 Å². The van der Waals surface area contributed by atoms with Crippen LogP contribution in [0, 0.1) is 0 Å². The lowest BCUT2D eigenvalue weighted by Gasteiger charge is -2.34. The minimum Gasteiger partial charge on any atom is -0.491 e. The van der Waals surface area contributed by atoms with E-state index in [1.807, 2.05) is 6.07 Å². The SMILES string of the molecule is C[C@H]1CCCCN1C[C@H](O)COc1ccc2c(c1)CCC2. The molecule has 1 aromatic rings. The number of benzene rings is 1. The number of fused-ring (bicyclic) bond motifs is 1. The molecule has 0 radical (unpaired) electrons. The lowest BCUT2D eigenvalue weighted by atomic mass is 10.0. The molecule has 0 unspecified atom stereocenters. The summed E-state index contributed by atoms with van der Waals surface area (Å²) < 4.78 is 5.79. The van der Waals surface area contributed by atoms with Gasteiger partial charge in [0.15, 0.2) is 0 Å². The van der Waals surface area contributed by atoms with Crippen LogP contribution in [0.25, 0.3) is 0 Å². The summed E-state index contributed by atoms with van der Waals surface area (Å²) in [6.07, 6.45) is 7.04. The highest BCUT2D eigenvalue weighted by Gasteiger charge is 2.21. The smallest absolute Gasteiger partial charge is 0.119 e. The summed E-state index contributed by atoms with van der Waals surface area (Å²) >= 11 is 0. The molecule has 0 spiro atoms. The lowest BCUT2D eigenvalue weighted by molar-refractivity contribution is 0.0437. The van der Waals surface area contributed by atoms with Crippen LogP contribution in [0.1, 0.15) is 43.7 Å². The molecule has 2 aliphatic rings. The number of β-amino-alcohol motifs (C(OH)–C–C–N with tert-alkyl or cyclic N) is 1. The summed E-state index contributed by atoms with van der Waals surface area (Å²) in [5.41, 5.74) is 2.89. The average Bonchev–Trinajstić information content (AvgIpc) is 2.95. The first-order valence-electron chi connectivity index (χ1n) is 8.39. The first-order valence-corrected chi connectivity index (χ1v) is 8.39. The molecule has 3 heteroatoms. The summed E-state index contributed by atoms with van der Waals surface area (Å²) in [5.74, 6) is 0.904. The van der Waals surface area contributed by atoms with Crippen LogP contribution in [0.5, 0.6) is 5.75 Å². The first-order chi connectivity index (χ1) is 10.2. The van der Waals surface area contributed by atoms with Crippen molar-refractivity contribution in [1.29, 1.82) is 0 Å². The molecule has 1 saturated heterocycles. The van der Waals surface area contributed by atoms with E-state index in [1.54, 1.807) is 0 Å². The van der Waals surface area contributed by atoms with E-state index in [1.165, 1.54) is 49.7 Å². The number of hydrogen-bond acceptors (Lipinski definition) is 3. The van der Waals surface area contributed by atoms with E-state index in [0.717, 1.165) is 18.8 Å². The van der Waals surface area contributed by atoms with Crippen LogP contribution < -0.4 is 4.74 Å². The number of aliphatic hydroxyl groups is 1. The Balaban J connectivity index is 1.48. The highest BCUT2D eigenvalue weighted by molar-refractivity contribution is 5.38. The van der Waals surface area contributed by atoms with Gasteiger partial charge < -0.3 is 9.84 Å². The van der Waals surface area contributed by atoms with Crippen molar-refractivity contribution in [2.75, 3.05) is 19.7 Å². The molecule has 0 saturated carbocycles. The third-order valence-electron chi connectivity index (χ3n) is 4.90. The molecule has 21 heavy (non-hydrogen) atoms. The van der Waals surface area contributed by atoms with Gasteiger partial charge in [0.25, 0.3) is 0 Å². The zero-order valence-corrected chi connectivity index (χ0v) is 13.1. The molecule has 3 nitrogen and oxygen atoms in total. The number of aryl methyl sites for hydroxylation is 2. The Morgan fingerprint density at radius 2 is 2.10 bits per heavy atom. The van der Waals surface area contributed by atoms with Crippen LogP contribution in [-0.4, -0.2) is 41.8 Å². The fraction of sp³-hybridized carbons (Fsp3) is 0.667. The molecule has 0 bridgehead atoms. The van der Waals surface area contributed by atoms with E-state index in [2.05, 4.69) is 24.0 Å². The Labute approximate surface area is 127 Å². The second kappa shape index (κ2) is 6.80. The number of rotatable bonds is 5. The Kier molecular flexibility index (Phi) is 4.81. The van der Waals surface area contributed by atoms with Gasteiger partial charge in [0, 0.05) is 12.6 Å². The average molecular weight is 289 g/mol. The monoisotopic (exact) mass is 289 g/mol. The minimum absolute atomic E-state index is 0.391. The summed E-state index contributed by atoms with van der Waals surface area (Å²) in [5, 5.41) is 10.2. The number of piperidine rings is 1. The second-order valence-corrected chi connectivity index (χ2v) is 6.59. The van der Waals surface area contributed by atoms with Crippen LogP contribution in [0.3, 0.4) is 0 Å². The molecule has 0 aromatic heterocycles. The Morgan fingerprint density at radius 3 is 2.95 bits per heavy atom. The van der Waals surface area contributed by atoms with Crippen molar-refractivity contribution < 1.29 is 9.84 Å². The van der Waals surface area contributed by atoms with Gasteiger partial charge in [-0.3, -0.25) is 4.90 Å². The van der Waals surface area contributed by atoms with E-state index in [0.29, 0.717) is 12.6 Å². The Bertz CT molecular complexity index is 474. The van der Waals surface area contributed by atoms with Crippen LogP contribution in [0.2, 0.25) is 0 Å². The van der Waals surface area contributed by atoms with Gasteiger partial charge in [-0.25, -0.2) is 0 Å². The third-order valence-corrected chi connectivity index (χ3v) is 4.90. The normalized spacial score (nSPS) is 23.8. The molecule has 2 atom stereocenters. The van der Waals surface area contributed by atoms with Crippen molar-refractivity contribution in [3.63, 3.8) is 0 Å². The fourth-order valence-corrected chi connectivity index (χ4v) is 3.58. The van der Waals surface area contributed by atoms with Gasteiger partial charge in [-0.15, -0.1) is 0 Å². The van der Waals surface area contributed by atoms with Crippen molar-refractivity contribution >= 4 is 0 Å². The molecule has 1 N–H and O–H groups in total. The van der Waals surface area contributed by atoms with Gasteiger partial charge in [0.05, 0.1) is 0 Å². The van der Waals surface area contributed by atoms with Crippen LogP contribution in [-0.2, 0) is 12.8 Å². The highest BCUT2D eigenvalue weighted by Crippen LogP contribution is 2.26. The molecular formula is C18H27NO2. The van der Waals surface area contributed by atoms with Gasteiger partial charge in [-0.05, 0) is 68.8 Å². The minimum atomic E-state index is -0.404. The zero-order valence-electron chi connectivity index (χ0n) is 13.1. The van der Waals surface area contributed by atoms with Crippen LogP contribution in [0.15, 0.2) is 18.2 Å². The quantitative estimate of drug-likeness (QED) is 0.905. The molecule has 1 aromatic carbocycles. The number of nitrogens with zero attached hydrogens (tertiary/aromatic N) is 1. The van der Waals surface area contributed by atoms with Crippen molar-refractivity contribution in [2.24, 2.45) is 0 Å². The highest BCUT2D eigenvalue weighted by atomic mass is 16.5. The van der Waals surface area contributed by atoms with E-state index >= 15 is 0 Å². The maximum absolute atomic E-state index is 10.2. The van der Waals surface area contributed by atoms with Gasteiger partial charge in [-0.2, -0.15) is 0 Å². The number of hydrogen-bond donors (Lipinski definition) is 1. The largest absolute Gasteiger partial charge is 0.491 e. The second-order valence-electron chi connectivity index (χ2n) is 6.59. The predicted molar refractivity (Wildman–Crippen MR) is 84.9 cm³/mol. The standard InChI is InChI=1S/C18H27NO2/c1-14-5-2-3-10-19(14)12-17(20)13-21-18-9-8-15-6-4-7-16(15)11-18/h8-9,11,14,17,20H,2-7,10,12-13H2,1H3/t14-,17-/m0/s1. The molecular weight excluding hydrogens is 262 g/mol. The van der Waals surface area contributed by atoms with E-state index in [9.17, 15) is 5.11 Å². The van der Waals surface area contributed by atoms with Gasteiger partial charge in [-0.1, -0.05) is 12.5 Å². The molecule has 1 heterocycles. The predicted octanol–water partition coefficient (Wildman–Crippen LogP) is 2.79. The molecule has 0 amide bonds. The molecule has 1 aliphatic carbocycles. The summed E-state index contributed by atoms with van der Waals surface area (Å²) in [7, 11) is 0. The summed E-state index contributed by atoms with van der Waals surface area (Å²) in [4.78, 5) is 2.39. The van der Waals surface area contributed by atoms with E-state index < -0.39 is 6.10 Å². The van der Waals surface area contributed by atoms with Crippen molar-refractivity contribution in [2.45, 2.75) is 57.6 Å². The fourth-order valence-electron chi connectivity index (χ4n) is 3.58. The Hall–Kier alpha value is -1.06. The van der Waals surface area contributed by atoms with Crippen molar-refractivity contribution in [3.8, 4) is 5.75 Å². The zero-order chi connectivity index (χ0) is 14.7. The Morgan fingerprint density at radius 1 is 1.24 bits per heavy atom. The van der Waals surface area contributed by atoms with Crippen molar-refractivity contribution in [3.05, 3.63) is 29.3 Å². The lowest BCUT2D eigenvalue weighted by Crippen LogP contribution is -2.43. The van der Waals surface area contributed by atoms with Gasteiger partial charge in [0.2, 0.25) is 0 Å². The number of aliphatic hydroxyl groups excluding tert-OH is 1. The van der Waals surface area contributed by atoms with Crippen molar-refractivity contribution in [1.82, 2.24) is 4.90 Å². The first kappa shape index (κ1) is 14.9. The van der Waals surface area contributed by atoms with Gasteiger partial charge >= 0.3 is 0 Å². The number of ether oxygens (including phenoxy) is 1. The third kappa shape index (κ3) is 3.78. The maximum atomic E-state index is 10.2. The summed E-state index contributed by atoms with van der Waals surface area (Å²) in [6.45, 7) is 4.48. The molecule has 116 valence electrons. The van der Waals surface area contributed by atoms with E-state index in [4.69, 9.17) is 4.74 Å². The number of likely N-dealkylation sites (tertiary alicyclic amines) is 1. The molecule has 1 fully saturated rings. The molecule has 3 rings (SSSR count). The summed E-state index contributed by atoms with van der Waals surface area (Å²) in [6, 6.07) is 6.96. The van der Waals surface area contributed by atoms with Crippen LogP contribution in [0.4, 0.5) is 0 Å². The topological polar surface area (TPSA) is 32.7 Å². The molecule has 1 aliphatic heterocycles. The maximum Gasteiger partial charge on any atom is 0.119 e.